The van der Waals surface area contributed by atoms with Crippen molar-refractivity contribution in [3.05, 3.63) is 83.4 Å². The van der Waals surface area contributed by atoms with E-state index in [4.69, 9.17) is 10.7 Å². The van der Waals surface area contributed by atoms with Crippen LogP contribution in [0.1, 0.15) is 34.0 Å². The van der Waals surface area contributed by atoms with E-state index in [0.717, 1.165) is 47.9 Å². The molecule has 1 aliphatic rings. The van der Waals surface area contributed by atoms with Crippen molar-refractivity contribution in [1.82, 2.24) is 19.1 Å². The molecule has 5 aromatic rings. The smallest absolute Gasteiger partial charge is 0.364 e. The quantitative estimate of drug-likeness (QED) is 0.390. The Hall–Kier alpha value is -4.14. The van der Waals surface area contributed by atoms with Crippen molar-refractivity contribution in [2.45, 2.75) is 32.1 Å². The van der Waals surface area contributed by atoms with Crippen LogP contribution in [0.2, 0.25) is 0 Å². The summed E-state index contributed by atoms with van der Waals surface area (Å²) in [4.78, 5) is 21.5. The summed E-state index contributed by atoms with van der Waals surface area (Å²) in [6.07, 6.45) is -2.72. The minimum atomic E-state index is -4.63. The molecule has 6 nitrogen and oxygen atoms in total. The summed E-state index contributed by atoms with van der Waals surface area (Å²) in [6.45, 7) is 1.13. The van der Waals surface area contributed by atoms with E-state index in [1.807, 2.05) is 36.4 Å². The molecule has 4 heterocycles. The number of halogens is 3. The number of benzene rings is 2. The number of imidazole rings is 1. The number of aryl methyl sites for hydroxylation is 2. The molecule has 0 bridgehead atoms. The van der Waals surface area contributed by atoms with Crippen molar-refractivity contribution in [2.24, 2.45) is 5.73 Å². The fourth-order valence-electron chi connectivity index (χ4n) is 5.01. The van der Waals surface area contributed by atoms with Crippen LogP contribution in [0.5, 0.6) is 0 Å². The second-order valence-corrected chi connectivity index (χ2v) is 8.71. The second kappa shape index (κ2) is 7.69. The molecule has 0 spiro atoms. The zero-order valence-electron chi connectivity index (χ0n) is 18.5. The molecule has 0 saturated heterocycles. The molecule has 9 heteroatoms. The zero-order chi connectivity index (χ0) is 24.3. The minimum absolute atomic E-state index is 0.0793. The van der Waals surface area contributed by atoms with Crippen molar-refractivity contribution in [2.75, 3.05) is 0 Å². The number of alkyl halides is 3. The van der Waals surface area contributed by atoms with E-state index in [0.29, 0.717) is 11.1 Å². The lowest BCUT2D eigenvalue weighted by molar-refractivity contribution is -0.140. The van der Waals surface area contributed by atoms with E-state index in [1.165, 1.54) is 6.07 Å². The Morgan fingerprint density at radius 3 is 2.51 bits per heavy atom. The van der Waals surface area contributed by atoms with Crippen LogP contribution >= 0.6 is 0 Å². The van der Waals surface area contributed by atoms with Crippen molar-refractivity contribution in [3.63, 3.8) is 0 Å². The molecule has 0 saturated carbocycles. The molecule has 3 aromatic heterocycles. The number of primary amides is 1. The summed E-state index contributed by atoms with van der Waals surface area (Å²) in [5.41, 5.74) is 8.79. The lowest BCUT2D eigenvalue weighted by atomic mass is 10.0. The third-order valence-electron chi connectivity index (χ3n) is 6.51. The fourth-order valence-corrected chi connectivity index (χ4v) is 5.01. The maximum Gasteiger partial charge on any atom is 0.433 e. The number of amides is 1. The molecule has 2 N–H and O–H groups in total. The monoisotopic (exact) mass is 475 g/mol. The number of hydrogen-bond acceptors (Lipinski definition) is 3. The number of rotatable bonds is 4. The molecule has 0 atom stereocenters. The van der Waals surface area contributed by atoms with Gasteiger partial charge in [0.1, 0.15) is 17.2 Å². The molecule has 0 radical (unpaired) electrons. The first kappa shape index (κ1) is 21.4. The summed E-state index contributed by atoms with van der Waals surface area (Å²) in [7, 11) is 0. The Bertz CT molecular complexity index is 1620. The zero-order valence-corrected chi connectivity index (χ0v) is 18.5. The third-order valence-corrected chi connectivity index (χ3v) is 6.51. The topological polar surface area (TPSA) is 78.7 Å². The SMILES string of the molecule is NC(=O)c1c(-c2ccc3c(c2)nc2n3CCC2)c2nc(C(F)(F)F)ccc2n1Cc1ccccc1. The maximum absolute atomic E-state index is 13.6. The predicted octanol–water partition coefficient (Wildman–Crippen LogP) is 5.17. The van der Waals surface area contributed by atoms with Gasteiger partial charge in [-0.15, -0.1) is 0 Å². The Morgan fingerprint density at radius 1 is 1.00 bits per heavy atom. The number of carbonyl (C=O) groups is 1. The summed E-state index contributed by atoms with van der Waals surface area (Å²) in [5, 5.41) is 0. The number of fused-ring (bicyclic) bond motifs is 4. The first-order chi connectivity index (χ1) is 16.8. The van der Waals surface area contributed by atoms with E-state index < -0.39 is 17.8 Å². The van der Waals surface area contributed by atoms with E-state index in [2.05, 4.69) is 9.55 Å². The highest BCUT2D eigenvalue weighted by atomic mass is 19.4. The highest BCUT2D eigenvalue weighted by Gasteiger charge is 2.34. The number of carbonyl (C=O) groups excluding carboxylic acids is 1. The molecule has 35 heavy (non-hydrogen) atoms. The summed E-state index contributed by atoms with van der Waals surface area (Å²) in [6, 6.07) is 17.1. The van der Waals surface area contributed by atoms with Crippen molar-refractivity contribution < 1.29 is 18.0 Å². The van der Waals surface area contributed by atoms with Gasteiger partial charge in [0.15, 0.2) is 0 Å². The Labute approximate surface area is 197 Å². The normalized spacial score (nSPS) is 13.6. The first-order valence-corrected chi connectivity index (χ1v) is 11.2. The molecular formula is C26H20F3N5O. The van der Waals surface area contributed by atoms with Crippen LogP contribution < -0.4 is 5.73 Å². The van der Waals surface area contributed by atoms with Crippen molar-refractivity contribution in [3.8, 4) is 11.1 Å². The van der Waals surface area contributed by atoms with E-state index >= 15 is 0 Å². The molecule has 0 aliphatic carbocycles. The number of nitrogens with two attached hydrogens (primary N) is 1. The molecule has 2 aromatic carbocycles. The highest BCUT2D eigenvalue weighted by Crippen LogP contribution is 2.38. The third kappa shape index (κ3) is 3.46. The molecule has 1 amide bonds. The van der Waals surface area contributed by atoms with E-state index in [1.54, 1.807) is 16.7 Å². The van der Waals surface area contributed by atoms with Crippen molar-refractivity contribution >= 4 is 28.0 Å². The summed E-state index contributed by atoms with van der Waals surface area (Å²) in [5.74, 6) is 0.242. The van der Waals surface area contributed by atoms with Crippen LogP contribution in [0.3, 0.4) is 0 Å². The minimum Gasteiger partial charge on any atom is -0.364 e. The average molecular weight is 475 g/mol. The van der Waals surface area contributed by atoms with Crippen LogP contribution in [0.25, 0.3) is 33.2 Å². The van der Waals surface area contributed by atoms with Crippen LogP contribution in [0.4, 0.5) is 13.2 Å². The average Bonchev–Trinajstić information content (AvgIpc) is 3.50. The predicted molar refractivity (Wildman–Crippen MR) is 126 cm³/mol. The van der Waals surface area contributed by atoms with E-state index in [9.17, 15) is 18.0 Å². The van der Waals surface area contributed by atoms with Gasteiger partial charge in [0.2, 0.25) is 0 Å². The molecular weight excluding hydrogens is 455 g/mol. The second-order valence-electron chi connectivity index (χ2n) is 8.71. The maximum atomic E-state index is 13.6. The molecule has 1 aliphatic heterocycles. The van der Waals surface area contributed by atoms with Crippen LogP contribution in [0.15, 0.2) is 60.7 Å². The van der Waals surface area contributed by atoms with E-state index in [-0.39, 0.29) is 23.3 Å². The number of pyridine rings is 1. The Kier molecular flexibility index (Phi) is 4.70. The Morgan fingerprint density at radius 2 is 1.77 bits per heavy atom. The molecule has 0 fully saturated rings. The van der Waals surface area contributed by atoms with Gasteiger partial charge >= 0.3 is 6.18 Å². The van der Waals surface area contributed by atoms with Crippen LogP contribution in [0, 0.1) is 0 Å². The van der Waals surface area contributed by atoms with Gasteiger partial charge in [-0.3, -0.25) is 4.79 Å². The van der Waals surface area contributed by atoms with Gasteiger partial charge in [0.05, 0.1) is 22.1 Å². The lowest BCUT2D eigenvalue weighted by Gasteiger charge is -2.10. The fraction of sp³-hybridized carbons (Fsp3) is 0.192. The van der Waals surface area contributed by atoms with Gasteiger partial charge in [0, 0.05) is 25.1 Å². The number of aromatic nitrogens is 4. The highest BCUT2D eigenvalue weighted by molar-refractivity contribution is 6.09. The largest absolute Gasteiger partial charge is 0.433 e. The van der Waals surface area contributed by atoms with Crippen LogP contribution in [-0.4, -0.2) is 25.0 Å². The van der Waals surface area contributed by atoms with Gasteiger partial charge < -0.3 is 14.9 Å². The molecule has 6 rings (SSSR count). The van der Waals surface area contributed by atoms with Crippen LogP contribution in [-0.2, 0) is 25.7 Å². The Balaban J connectivity index is 1.64. The number of hydrogen-bond donors (Lipinski definition) is 1. The standard InChI is InChI=1S/C26H20F3N5O/c27-26(28,29)20-11-10-19-23(32-20)22(24(25(30)35)34(19)14-15-5-2-1-3-6-15)16-8-9-18-17(13-16)31-21-7-4-12-33(18)21/h1-3,5-6,8-11,13H,4,7,12,14H2,(H2,30,35). The van der Waals surface area contributed by atoms with Gasteiger partial charge in [-0.2, -0.15) is 13.2 Å². The van der Waals surface area contributed by atoms with Crippen molar-refractivity contribution in [1.29, 1.82) is 0 Å². The van der Waals surface area contributed by atoms with Gasteiger partial charge in [-0.1, -0.05) is 36.4 Å². The summed E-state index contributed by atoms with van der Waals surface area (Å²) >= 11 is 0. The molecule has 0 unspecified atom stereocenters. The van der Waals surface area contributed by atoms with Gasteiger partial charge in [-0.05, 0) is 41.8 Å². The first-order valence-electron chi connectivity index (χ1n) is 11.2. The lowest BCUT2D eigenvalue weighted by Crippen LogP contribution is -2.18. The van der Waals surface area contributed by atoms with Gasteiger partial charge in [-0.25, -0.2) is 9.97 Å². The summed E-state index contributed by atoms with van der Waals surface area (Å²) < 4.78 is 44.6. The van der Waals surface area contributed by atoms with Gasteiger partial charge in [0.25, 0.3) is 5.91 Å². The number of nitrogens with zero attached hydrogens (tertiary/aromatic N) is 4. The molecule has 176 valence electrons.